The minimum atomic E-state index is -0.836. The molecule has 1 aromatic carbocycles. The van der Waals surface area contributed by atoms with Crippen molar-refractivity contribution < 1.29 is 14.7 Å². The topological polar surface area (TPSA) is 92.4 Å². The Balaban J connectivity index is 2.35. The molecule has 0 spiro atoms. The SMILES string of the molecule is NC(=O)CCNCc1ccc(CC(=O)O)cc1. The van der Waals surface area contributed by atoms with Gasteiger partial charge in [0, 0.05) is 19.5 Å². The van der Waals surface area contributed by atoms with Crippen LogP contribution >= 0.6 is 0 Å². The van der Waals surface area contributed by atoms with Crippen molar-refractivity contribution in [3.05, 3.63) is 35.4 Å². The van der Waals surface area contributed by atoms with Crippen LogP contribution in [0.3, 0.4) is 0 Å². The minimum Gasteiger partial charge on any atom is -0.481 e. The highest BCUT2D eigenvalue weighted by Crippen LogP contribution is 2.05. The average Bonchev–Trinajstić information content (AvgIpc) is 2.25. The largest absolute Gasteiger partial charge is 0.481 e. The van der Waals surface area contributed by atoms with Crippen LogP contribution in [0.4, 0.5) is 0 Å². The van der Waals surface area contributed by atoms with Crippen LogP contribution in [0, 0.1) is 0 Å². The van der Waals surface area contributed by atoms with Crippen molar-refractivity contribution in [2.45, 2.75) is 19.4 Å². The van der Waals surface area contributed by atoms with Crippen molar-refractivity contribution in [1.82, 2.24) is 5.32 Å². The third-order valence-electron chi connectivity index (χ3n) is 2.26. The second-order valence-corrected chi connectivity index (χ2v) is 3.78. The van der Waals surface area contributed by atoms with E-state index in [0.29, 0.717) is 19.5 Å². The summed E-state index contributed by atoms with van der Waals surface area (Å²) >= 11 is 0. The molecule has 0 unspecified atom stereocenters. The summed E-state index contributed by atoms with van der Waals surface area (Å²) in [6, 6.07) is 7.32. The van der Waals surface area contributed by atoms with E-state index in [2.05, 4.69) is 5.32 Å². The van der Waals surface area contributed by atoms with E-state index in [1.807, 2.05) is 12.1 Å². The summed E-state index contributed by atoms with van der Waals surface area (Å²) in [5.41, 5.74) is 6.82. The second kappa shape index (κ2) is 6.65. The first-order chi connectivity index (χ1) is 8.08. The number of nitrogens with two attached hydrogens (primary N) is 1. The molecule has 0 atom stereocenters. The van der Waals surface area contributed by atoms with Gasteiger partial charge in [0.1, 0.15) is 0 Å². The van der Waals surface area contributed by atoms with Crippen molar-refractivity contribution in [2.75, 3.05) is 6.54 Å². The summed E-state index contributed by atoms with van der Waals surface area (Å²) in [6.07, 6.45) is 0.354. The van der Waals surface area contributed by atoms with Gasteiger partial charge in [-0.25, -0.2) is 0 Å². The third kappa shape index (κ3) is 5.67. The lowest BCUT2D eigenvalue weighted by molar-refractivity contribution is -0.136. The molecule has 0 aliphatic heterocycles. The molecule has 4 N–H and O–H groups in total. The normalized spacial score (nSPS) is 10.1. The number of hydrogen-bond donors (Lipinski definition) is 3. The molecule has 17 heavy (non-hydrogen) atoms. The zero-order chi connectivity index (χ0) is 12.7. The van der Waals surface area contributed by atoms with E-state index in [0.717, 1.165) is 11.1 Å². The van der Waals surface area contributed by atoms with Crippen molar-refractivity contribution >= 4 is 11.9 Å². The first-order valence-electron chi connectivity index (χ1n) is 5.36. The van der Waals surface area contributed by atoms with Crippen LogP contribution in [-0.2, 0) is 22.6 Å². The van der Waals surface area contributed by atoms with Crippen LogP contribution in [0.1, 0.15) is 17.5 Å². The summed E-state index contributed by atoms with van der Waals surface area (Å²) in [5, 5.41) is 11.7. The van der Waals surface area contributed by atoms with E-state index < -0.39 is 5.97 Å². The minimum absolute atomic E-state index is 0.0371. The van der Waals surface area contributed by atoms with E-state index in [4.69, 9.17) is 10.8 Å². The lowest BCUT2D eigenvalue weighted by Gasteiger charge is -2.04. The maximum absolute atomic E-state index is 10.5. The highest BCUT2D eigenvalue weighted by molar-refractivity contribution is 5.73. The fourth-order valence-corrected chi connectivity index (χ4v) is 1.39. The molecule has 5 heteroatoms. The van der Waals surface area contributed by atoms with Gasteiger partial charge in [-0.05, 0) is 11.1 Å². The van der Waals surface area contributed by atoms with E-state index in [1.165, 1.54) is 0 Å². The number of carboxylic acid groups (broad SMARTS) is 1. The van der Waals surface area contributed by atoms with Gasteiger partial charge in [0.15, 0.2) is 0 Å². The zero-order valence-corrected chi connectivity index (χ0v) is 9.48. The van der Waals surface area contributed by atoms with Crippen molar-refractivity contribution in [1.29, 1.82) is 0 Å². The quantitative estimate of drug-likeness (QED) is 0.593. The molecule has 0 bridgehead atoms. The van der Waals surface area contributed by atoms with Crippen molar-refractivity contribution in [3.8, 4) is 0 Å². The van der Waals surface area contributed by atoms with Crippen LogP contribution in [0.5, 0.6) is 0 Å². The second-order valence-electron chi connectivity index (χ2n) is 3.78. The smallest absolute Gasteiger partial charge is 0.307 e. The van der Waals surface area contributed by atoms with E-state index >= 15 is 0 Å². The van der Waals surface area contributed by atoms with Crippen LogP contribution in [-0.4, -0.2) is 23.5 Å². The van der Waals surface area contributed by atoms with Gasteiger partial charge < -0.3 is 16.2 Å². The van der Waals surface area contributed by atoms with Crippen molar-refractivity contribution in [3.63, 3.8) is 0 Å². The van der Waals surface area contributed by atoms with Crippen LogP contribution in [0.15, 0.2) is 24.3 Å². The maximum Gasteiger partial charge on any atom is 0.307 e. The number of carboxylic acids is 1. The molecule has 1 amide bonds. The Kier molecular flexibility index (Phi) is 5.16. The Morgan fingerprint density at radius 3 is 2.29 bits per heavy atom. The van der Waals surface area contributed by atoms with Crippen molar-refractivity contribution in [2.24, 2.45) is 5.73 Å². The number of carbonyl (C=O) groups excluding carboxylic acids is 1. The van der Waals surface area contributed by atoms with Gasteiger partial charge in [0.05, 0.1) is 6.42 Å². The molecule has 0 heterocycles. The predicted molar refractivity (Wildman–Crippen MR) is 63.3 cm³/mol. The highest BCUT2D eigenvalue weighted by Gasteiger charge is 2.00. The maximum atomic E-state index is 10.5. The van der Waals surface area contributed by atoms with Crippen LogP contribution < -0.4 is 11.1 Å². The van der Waals surface area contributed by atoms with Crippen LogP contribution in [0.2, 0.25) is 0 Å². The first-order valence-corrected chi connectivity index (χ1v) is 5.36. The fourth-order valence-electron chi connectivity index (χ4n) is 1.39. The molecule has 92 valence electrons. The number of aliphatic carboxylic acids is 1. The number of amides is 1. The van der Waals surface area contributed by atoms with Gasteiger partial charge >= 0.3 is 5.97 Å². The molecule has 0 radical (unpaired) electrons. The molecular weight excluding hydrogens is 220 g/mol. The number of rotatable bonds is 7. The number of primary amides is 1. The molecule has 5 nitrogen and oxygen atoms in total. The molecular formula is C12H16N2O3. The predicted octanol–water partition coefficient (Wildman–Crippen LogP) is 0.279. The Hall–Kier alpha value is -1.88. The Morgan fingerprint density at radius 2 is 1.76 bits per heavy atom. The zero-order valence-electron chi connectivity index (χ0n) is 9.48. The number of nitrogens with one attached hydrogen (secondary N) is 1. The highest BCUT2D eigenvalue weighted by atomic mass is 16.4. The van der Waals surface area contributed by atoms with Gasteiger partial charge in [-0.15, -0.1) is 0 Å². The lowest BCUT2D eigenvalue weighted by Crippen LogP contribution is -2.21. The average molecular weight is 236 g/mol. The molecule has 0 saturated heterocycles. The van der Waals surface area contributed by atoms with Gasteiger partial charge in [-0.2, -0.15) is 0 Å². The van der Waals surface area contributed by atoms with E-state index in [1.54, 1.807) is 12.1 Å². The first kappa shape index (κ1) is 13.2. The monoisotopic (exact) mass is 236 g/mol. The Bertz CT molecular complexity index is 387. The van der Waals surface area contributed by atoms with Gasteiger partial charge in [0.25, 0.3) is 0 Å². The number of carbonyl (C=O) groups is 2. The lowest BCUT2D eigenvalue weighted by atomic mass is 10.1. The number of benzene rings is 1. The molecule has 1 aromatic rings. The summed E-state index contributed by atoms with van der Waals surface area (Å²) in [7, 11) is 0. The standard InChI is InChI=1S/C12H16N2O3/c13-11(15)5-6-14-8-10-3-1-9(2-4-10)7-12(16)17/h1-4,14H,5-8H2,(H2,13,15)(H,16,17). The molecule has 0 saturated carbocycles. The van der Waals surface area contributed by atoms with Gasteiger partial charge in [-0.3, -0.25) is 9.59 Å². The molecule has 0 fully saturated rings. The summed E-state index contributed by atoms with van der Waals surface area (Å²) in [6.45, 7) is 1.19. The Labute approximate surface area is 99.6 Å². The van der Waals surface area contributed by atoms with Gasteiger partial charge in [0.2, 0.25) is 5.91 Å². The van der Waals surface area contributed by atoms with Gasteiger partial charge in [-0.1, -0.05) is 24.3 Å². The molecule has 0 aliphatic carbocycles. The number of hydrogen-bond acceptors (Lipinski definition) is 3. The van der Waals surface area contributed by atoms with E-state index in [-0.39, 0.29) is 12.3 Å². The summed E-state index contributed by atoms with van der Waals surface area (Å²) < 4.78 is 0. The van der Waals surface area contributed by atoms with E-state index in [9.17, 15) is 9.59 Å². The fraction of sp³-hybridized carbons (Fsp3) is 0.333. The summed E-state index contributed by atoms with van der Waals surface area (Å²) in [5.74, 6) is -1.16. The molecule has 0 aromatic heterocycles. The molecule has 1 rings (SSSR count). The molecule has 0 aliphatic rings. The summed E-state index contributed by atoms with van der Waals surface area (Å²) in [4.78, 5) is 21.0. The Morgan fingerprint density at radius 1 is 1.18 bits per heavy atom. The third-order valence-corrected chi connectivity index (χ3v) is 2.26. The van der Waals surface area contributed by atoms with Crippen LogP contribution in [0.25, 0.3) is 0 Å².